The summed E-state index contributed by atoms with van der Waals surface area (Å²) in [7, 11) is 0. The van der Waals surface area contributed by atoms with Gasteiger partial charge in [0.2, 0.25) is 5.91 Å². The molecule has 2 aliphatic rings. The standard InChI is InChI=1S/C21H30N2O3/c1-2-20(24)23-13-7-8-17(15-23)16-26-19-10-6-9-18(14-19)21(25)22-11-4-3-5-12-22/h6,9-10,14,17H,2-5,7-8,11-13,15-16H2,1H3/t17-/m0/s1. The van der Waals surface area contributed by atoms with E-state index in [1.54, 1.807) is 0 Å². The van der Waals surface area contributed by atoms with E-state index in [0.29, 0.717) is 24.5 Å². The van der Waals surface area contributed by atoms with E-state index in [2.05, 4.69) is 0 Å². The Morgan fingerprint density at radius 2 is 1.85 bits per heavy atom. The highest BCUT2D eigenvalue weighted by molar-refractivity contribution is 5.94. The van der Waals surface area contributed by atoms with Gasteiger partial charge >= 0.3 is 0 Å². The Kier molecular flexibility index (Phi) is 6.53. The molecule has 1 aromatic rings. The van der Waals surface area contributed by atoms with Crippen LogP contribution in [0.5, 0.6) is 5.75 Å². The van der Waals surface area contributed by atoms with Gasteiger partial charge in [0.1, 0.15) is 5.75 Å². The Hall–Kier alpha value is -2.04. The first-order valence-corrected chi connectivity index (χ1v) is 9.97. The summed E-state index contributed by atoms with van der Waals surface area (Å²) in [5.41, 5.74) is 0.704. The van der Waals surface area contributed by atoms with E-state index >= 15 is 0 Å². The van der Waals surface area contributed by atoms with Gasteiger partial charge in [-0.2, -0.15) is 0 Å². The fourth-order valence-corrected chi connectivity index (χ4v) is 3.86. The zero-order valence-electron chi connectivity index (χ0n) is 15.8. The molecule has 1 aromatic carbocycles. The zero-order chi connectivity index (χ0) is 18.4. The van der Waals surface area contributed by atoms with Crippen molar-refractivity contribution in [3.63, 3.8) is 0 Å². The fraction of sp³-hybridized carbons (Fsp3) is 0.619. The average Bonchev–Trinajstić information content (AvgIpc) is 2.72. The summed E-state index contributed by atoms with van der Waals surface area (Å²) in [6, 6.07) is 7.52. The Morgan fingerprint density at radius 1 is 1.08 bits per heavy atom. The number of carbonyl (C=O) groups excluding carboxylic acids is 2. The number of rotatable bonds is 5. The summed E-state index contributed by atoms with van der Waals surface area (Å²) >= 11 is 0. The molecule has 2 saturated heterocycles. The molecule has 26 heavy (non-hydrogen) atoms. The molecule has 3 rings (SSSR count). The van der Waals surface area contributed by atoms with Crippen molar-refractivity contribution < 1.29 is 14.3 Å². The van der Waals surface area contributed by atoms with E-state index in [0.717, 1.165) is 57.6 Å². The van der Waals surface area contributed by atoms with Crippen LogP contribution in [0, 0.1) is 5.92 Å². The molecule has 0 unspecified atom stereocenters. The first-order chi connectivity index (χ1) is 12.7. The first-order valence-electron chi connectivity index (χ1n) is 9.97. The topological polar surface area (TPSA) is 49.9 Å². The van der Waals surface area contributed by atoms with Crippen LogP contribution in [0.15, 0.2) is 24.3 Å². The lowest BCUT2D eigenvalue weighted by Gasteiger charge is -2.32. The number of benzene rings is 1. The molecule has 0 N–H and O–H groups in total. The largest absolute Gasteiger partial charge is 0.493 e. The number of nitrogens with zero attached hydrogens (tertiary/aromatic N) is 2. The van der Waals surface area contributed by atoms with E-state index in [1.165, 1.54) is 6.42 Å². The van der Waals surface area contributed by atoms with Crippen LogP contribution in [-0.4, -0.2) is 54.4 Å². The van der Waals surface area contributed by atoms with Crippen LogP contribution < -0.4 is 4.74 Å². The van der Waals surface area contributed by atoms with Crippen molar-refractivity contribution in [2.75, 3.05) is 32.8 Å². The molecule has 0 radical (unpaired) electrons. The van der Waals surface area contributed by atoms with Crippen LogP contribution in [0.3, 0.4) is 0 Å². The number of piperidine rings is 2. The normalized spacial score (nSPS) is 20.7. The lowest BCUT2D eigenvalue weighted by molar-refractivity contribution is -0.132. The van der Waals surface area contributed by atoms with E-state index in [-0.39, 0.29) is 11.8 Å². The SMILES string of the molecule is CCC(=O)N1CCC[C@H](COc2cccc(C(=O)N3CCCCC3)c2)C1. The number of hydrogen-bond donors (Lipinski definition) is 0. The summed E-state index contributed by atoms with van der Waals surface area (Å²) < 4.78 is 5.98. The summed E-state index contributed by atoms with van der Waals surface area (Å²) in [6.45, 7) is 5.85. The van der Waals surface area contributed by atoms with Crippen LogP contribution in [-0.2, 0) is 4.79 Å². The summed E-state index contributed by atoms with van der Waals surface area (Å²) in [4.78, 5) is 28.4. The van der Waals surface area contributed by atoms with E-state index in [1.807, 2.05) is 41.0 Å². The predicted octanol–water partition coefficient (Wildman–Crippen LogP) is 3.34. The van der Waals surface area contributed by atoms with Gasteiger partial charge < -0.3 is 14.5 Å². The quantitative estimate of drug-likeness (QED) is 0.811. The van der Waals surface area contributed by atoms with E-state index in [4.69, 9.17) is 4.74 Å². The third-order valence-electron chi connectivity index (χ3n) is 5.38. The molecule has 1 atom stereocenters. The second kappa shape index (κ2) is 9.06. The van der Waals surface area contributed by atoms with Gasteiger partial charge in [-0.1, -0.05) is 13.0 Å². The molecular weight excluding hydrogens is 328 g/mol. The van der Waals surface area contributed by atoms with Gasteiger partial charge in [0.15, 0.2) is 0 Å². The minimum Gasteiger partial charge on any atom is -0.493 e. The molecular formula is C21H30N2O3. The van der Waals surface area contributed by atoms with Crippen molar-refractivity contribution in [2.45, 2.75) is 45.4 Å². The van der Waals surface area contributed by atoms with Crippen molar-refractivity contribution in [3.8, 4) is 5.75 Å². The Balaban J connectivity index is 1.55. The van der Waals surface area contributed by atoms with Gasteiger partial charge in [0.25, 0.3) is 5.91 Å². The van der Waals surface area contributed by atoms with Crippen molar-refractivity contribution in [1.29, 1.82) is 0 Å². The Bertz CT molecular complexity index is 625. The summed E-state index contributed by atoms with van der Waals surface area (Å²) in [6.07, 6.45) is 6.08. The van der Waals surface area contributed by atoms with Crippen molar-refractivity contribution in [2.24, 2.45) is 5.92 Å². The first kappa shape index (κ1) is 18.7. The predicted molar refractivity (Wildman–Crippen MR) is 101 cm³/mol. The molecule has 0 aliphatic carbocycles. The molecule has 0 spiro atoms. The molecule has 5 nitrogen and oxygen atoms in total. The van der Waals surface area contributed by atoms with E-state index in [9.17, 15) is 9.59 Å². The van der Waals surface area contributed by atoms with Crippen LogP contribution in [0.25, 0.3) is 0 Å². The molecule has 0 aromatic heterocycles. The minimum atomic E-state index is 0.104. The molecule has 0 saturated carbocycles. The van der Waals surface area contributed by atoms with Crippen LogP contribution >= 0.6 is 0 Å². The fourth-order valence-electron chi connectivity index (χ4n) is 3.86. The Labute approximate surface area is 156 Å². The maximum atomic E-state index is 12.6. The molecule has 2 aliphatic heterocycles. The highest BCUT2D eigenvalue weighted by Gasteiger charge is 2.23. The maximum Gasteiger partial charge on any atom is 0.253 e. The monoisotopic (exact) mass is 358 g/mol. The molecule has 2 amide bonds. The van der Waals surface area contributed by atoms with Crippen molar-refractivity contribution >= 4 is 11.8 Å². The summed E-state index contributed by atoms with van der Waals surface area (Å²) in [5, 5.41) is 0. The second-order valence-electron chi connectivity index (χ2n) is 7.39. The second-order valence-corrected chi connectivity index (χ2v) is 7.39. The van der Waals surface area contributed by atoms with Crippen molar-refractivity contribution in [1.82, 2.24) is 9.80 Å². The maximum absolute atomic E-state index is 12.6. The van der Waals surface area contributed by atoms with Crippen LogP contribution in [0.4, 0.5) is 0 Å². The van der Waals surface area contributed by atoms with Crippen LogP contribution in [0.2, 0.25) is 0 Å². The van der Waals surface area contributed by atoms with E-state index < -0.39 is 0 Å². The third kappa shape index (κ3) is 4.77. The lowest BCUT2D eigenvalue weighted by Crippen LogP contribution is -2.41. The lowest BCUT2D eigenvalue weighted by atomic mass is 9.98. The number of amides is 2. The minimum absolute atomic E-state index is 0.104. The highest BCUT2D eigenvalue weighted by Crippen LogP contribution is 2.21. The van der Waals surface area contributed by atoms with Crippen molar-refractivity contribution in [3.05, 3.63) is 29.8 Å². The Morgan fingerprint density at radius 3 is 2.62 bits per heavy atom. The number of carbonyl (C=O) groups is 2. The molecule has 5 heteroatoms. The number of ether oxygens (including phenoxy) is 1. The highest BCUT2D eigenvalue weighted by atomic mass is 16.5. The van der Waals surface area contributed by atoms with Gasteiger partial charge in [-0.05, 0) is 50.3 Å². The van der Waals surface area contributed by atoms with Gasteiger partial charge in [-0.15, -0.1) is 0 Å². The van der Waals surface area contributed by atoms with Gasteiger partial charge in [-0.3, -0.25) is 9.59 Å². The molecule has 0 bridgehead atoms. The smallest absolute Gasteiger partial charge is 0.253 e. The molecule has 142 valence electrons. The van der Waals surface area contributed by atoms with Gasteiger partial charge in [0.05, 0.1) is 6.61 Å². The third-order valence-corrected chi connectivity index (χ3v) is 5.38. The summed E-state index contributed by atoms with van der Waals surface area (Å²) in [5.74, 6) is 1.43. The van der Waals surface area contributed by atoms with Crippen LogP contribution in [0.1, 0.15) is 55.8 Å². The number of likely N-dealkylation sites (tertiary alicyclic amines) is 2. The molecule has 2 fully saturated rings. The zero-order valence-corrected chi connectivity index (χ0v) is 15.8. The van der Waals surface area contributed by atoms with Gasteiger partial charge in [-0.25, -0.2) is 0 Å². The average molecular weight is 358 g/mol. The van der Waals surface area contributed by atoms with Gasteiger partial charge in [0, 0.05) is 44.1 Å². The molecule has 2 heterocycles. The number of hydrogen-bond acceptors (Lipinski definition) is 3.